The van der Waals surface area contributed by atoms with Crippen LogP contribution >= 0.6 is 0 Å². The van der Waals surface area contributed by atoms with E-state index in [9.17, 15) is 4.79 Å². The summed E-state index contributed by atoms with van der Waals surface area (Å²) in [5.41, 5.74) is 2.05. The monoisotopic (exact) mass is 331 g/mol. The van der Waals surface area contributed by atoms with E-state index in [1.807, 2.05) is 42.5 Å². The average Bonchev–Trinajstić information content (AvgIpc) is 3.35. The smallest absolute Gasteiger partial charge is 0.291 e. The molecule has 0 radical (unpaired) electrons. The van der Waals surface area contributed by atoms with Gasteiger partial charge < -0.3 is 14.3 Å². The summed E-state index contributed by atoms with van der Waals surface area (Å²) in [6.45, 7) is 0. The van der Waals surface area contributed by atoms with E-state index in [1.54, 1.807) is 24.3 Å². The van der Waals surface area contributed by atoms with Crippen molar-refractivity contribution in [3.8, 4) is 22.8 Å². The fraction of sp³-hybridized carbons (Fsp3) is 0. The largest absolute Gasteiger partial charge is 0.459 e. The van der Waals surface area contributed by atoms with Gasteiger partial charge in [-0.25, -0.2) is 0 Å². The quantitative estimate of drug-likeness (QED) is 0.604. The molecule has 122 valence electrons. The molecule has 0 unspecified atom stereocenters. The molecule has 0 aliphatic carbocycles. The van der Waals surface area contributed by atoms with E-state index in [4.69, 9.17) is 8.94 Å². The number of furan rings is 1. The normalized spacial score (nSPS) is 10.6. The summed E-state index contributed by atoms with van der Waals surface area (Å²) in [6, 6.07) is 20.0. The second kappa shape index (κ2) is 6.45. The zero-order chi connectivity index (χ0) is 17.1. The van der Waals surface area contributed by atoms with Crippen LogP contribution in [0.25, 0.3) is 22.8 Å². The molecule has 1 N–H and O–H groups in total. The SMILES string of the molecule is O=C(Nc1ccccc1-c1nc(-c2ccccc2)no1)c1ccco1. The number of para-hydroxylation sites is 1. The zero-order valence-electron chi connectivity index (χ0n) is 13.0. The van der Waals surface area contributed by atoms with Gasteiger partial charge in [0.2, 0.25) is 5.82 Å². The summed E-state index contributed by atoms with van der Waals surface area (Å²) in [5, 5.41) is 6.82. The number of hydrogen-bond donors (Lipinski definition) is 1. The molecule has 25 heavy (non-hydrogen) atoms. The van der Waals surface area contributed by atoms with Crippen molar-refractivity contribution in [3.05, 3.63) is 78.8 Å². The van der Waals surface area contributed by atoms with Gasteiger partial charge in [-0.05, 0) is 24.3 Å². The molecule has 0 atom stereocenters. The number of amides is 1. The van der Waals surface area contributed by atoms with Gasteiger partial charge in [0.25, 0.3) is 11.8 Å². The summed E-state index contributed by atoms with van der Waals surface area (Å²) in [4.78, 5) is 16.6. The maximum Gasteiger partial charge on any atom is 0.291 e. The number of aromatic nitrogens is 2. The Morgan fingerprint density at radius 1 is 0.920 bits per heavy atom. The van der Waals surface area contributed by atoms with Crippen molar-refractivity contribution in [2.24, 2.45) is 0 Å². The van der Waals surface area contributed by atoms with Gasteiger partial charge >= 0.3 is 0 Å². The Kier molecular flexibility index (Phi) is 3.84. The highest BCUT2D eigenvalue weighted by atomic mass is 16.5. The van der Waals surface area contributed by atoms with Crippen molar-refractivity contribution in [1.82, 2.24) is 10.1 Å². The number of nitrogens with zero attached hydrogens (tertiary/aromatic N) is 2. The summed E-state index contributed by atoms with van der Waals surface area (Å²) < 4.78 is 10.5. The number of nitrogens with one attached hydrogen (secondary N) is 1. The summed E-state index contributed by atoms with van der Waals surface area (Å²) in [5.74, 6) is 0.697. The first-order valence-corrected chi connectivity index (χ1v) is 7.64. The zero-order valence-corrected chi connectivity index (χ0v) is 13.0. The predicted octanol–water partition coefficient (Wildman–Crippen LogP) is 4.25. The highest BCUT2D eigenvalue weighted by molar-refractivity contribution is 6.04. The second-order valence-corrected chi connectivity index (χ2v) is 5.27. The van der Waals surface area contributed by atoms with E-state index in [-0.39, 0.29) is 11.7 Å². The Morgan fingerprint density at radius 3 is 2.52 bits per heavy atom. The van der Waals surface area contributed by atoms with Gasteiger partial charge in [0, 0.05) is 5.56 Å². The van der Waals surface area contributed by atoms with Crippen LogP contribution in [-0.4, -0.2) is 16.0 Å². The van der Waals surface area contributed by atoms with Gasteiger partial charge in [0.15, 0.2) is 5.76 Å². The van der Waals surface area contributed by atoms with Gasteiger partial charge in [-0.15, -0.1) is 0 Å². The minimum absolute atomic E-state index is 0.227. The van der Waals surface area contributed by atoms with Crippen LogP contribution in [0.2, 0.25) is 0 Å². The van der Waals surface area contributed by atoms with Crippen molar-refractivity contribution >= 4 is 11.6 Å². The minimum Gasteiger partial charge on any atom is -0.459 e. The number of anilines is 1. The topological polar surface area (TPSA) is 81.2 Å². The predicted molar refractivity (Wildman–Crippen MR) is 91.8 cm³/mol. The van der Waals surface area contributed by atoms with Gasteiger partial charge in [0.05, 0.1) is 17.5 Å². The molecular weight excluding hydrogens is 318 g/mol. The molecule has 2 aromatic carbocycles. The number of hydrogen-bond acceptors (Lipinski definition) is 5. The van der Waals surface area contributed by atoms with E-state index in [0.29, 0.717) is 23.0 Å². The summed E-state index contributed by atoms with van der Waals surface area (Å²) >= 11 is 0. The van der Waals surface area contributed by atoms with Crippen LogP contribution in [0.3, 0.4) is 0 Å². The molecule has 0 bridgehead atoms. The fourth-order valence-electron chi connectivity index (χ4n) is 2.41. The third-order valence-electron chi connectivity index (χ3n) is 3.61. The lowest BCUT2D eigenvalue weighted by Crippen LogP contribution is -2.11. The minimum atomic E-state index is -0.347. The fourth-order valence-corrected chi connectivity index (χ4v) is 2.41. The molecule has 6 nitrogen and oxygen atoms in total. The third kappa shape index (κ3) is 3.05. The summed E-state index contributed by atoms with van der Waals surface area (Å²) in [6.07, 6.45) is 1.45. The van der Waals surface area contributed by atoms with E-state index < -0.39 is 0 Å². The van der Waals surface area contributed by atoms with Crippen molar-refractivity contribution in [1.29, 1.82) is 0 Å². The number of rotatable bonds is 4. The molecule has 0 spiro atoms. The lowest BCUT2D eigenvalue weighted by atomic mass is 10.1. The molecule has 0 aliphatic rings. The van der Waals surface area contributed by atoms with Crippen molar-refractivity contribution in [2.45, 2.75) is 0 Å². The van der Waals surface area contributed by atoms with Crippen LogP contribution < -0.4 is 5.32 Å². The number of carbonyl (C=O) groups excluding carboxylic acids is 1. The van der Waals surface area contributed by atoms with E-state index >= 15 is 0 Å². The standard InChI is InChI=1S/C19H13N3O3/c23-18(16-11-6-12-24-16)20-15-10-5-4-9-14(15)19-21-17(22-25-19)13-7-2-1-3-8-13/h1-12H,(H,20,23). The molecule has 0 saturated heterocycles. The first kappa shape index (κ1) is 14.9. The van der Waals surface area contributed by atoms with Crippen LogP contribution in [0, 0.1) is 0 Å². The van der Waals surface area contributed by atoms with Gasteiger partial charge in [-0.2, -0.15) is 4.98 Å². The van der Waals surface area contributed by atoms with Crippen molar-refractivity contribution < 1.29 is 13.7 Å². The van der Waals surface area contributed by atoms with E-state index in [0.717, 1.165) is 5.56 Å². The second-order valence-electron chi connectivity index (χ2n) is 5.27. The lowest BCUT2D eigenvalue weighted by molar-refractivity contribution is 0.0996. The maximum atomic E-state index is 12.2. The summed E-state index contributed by atoms with van der Waals surface area (Å²) in [7, 11) is 0. The first-order valence-electron chi connectivity index (χ1n) is 7.64. The third-order valence-corrected chi connectivity index (χ3v) is 3.61. The molecule has 0 fully saturated rings. The molecule has 6 heteroatoms. The van der Waals surface area contributed by atoms with Gasteiger partial charge in [-0.1, -0.05) is 47.6 Å². The Balaban J connectivity index is 1.65. The Labute approximate surface area is 143 Å². The molecule has 2 aromatic heterocycles. The Hall–Kier alpha value is -3.67. The van der Waals surface area contributed by atoms with Crippen LogP contribution in [0.1, 0.15) is 10.6 Å². The Morgan fingerprint density at radius 2 is 1.72 bits per heavy atom. The van der Waals surface area contributed by atoms with Crippen LogP contribution in [0.5, 0.6) is 0 Å². The Bertz CT molecular complexity index is 992. The number of carbonyl (C=O) groups is 1. The van der Waals surface area contributed by atoms with E-state index in [1.165, 1.54) is 6.26 Å². The average molecular weight is 331 g/mol. The first-order chi connectivity index (χ1) is 12.3. The molecule has 0 saturated carbocycles. The molecule has 2 heterocycles. The van der Waals surface area contributed by atoms with Crippen molar-refractivity contribution in [2.75, 3.05) is 5.32 Å². The van der Waals surface area contributed by atoms with Gasteiger partial charge in [0.1, 0.15) is 0 Å². The highest BCUT2D eigenvalue weighted by Crippen LogP contribution is 2.28. The maximum absolute atomic E-state index is 12.2. The molecule has 0 aliphatic heterocycles. The van der Waals surface area contributed by atoms with Crippen LogP contribution in [0.4, 0.5) is 5.69 Å². The number of benzene rings is 2. The van der Waals surface area contributed by atoms with Gasteiger partial charge in [-0.3, -0.25) is 4.79 Å². The molecular formula is C19H13N3O3. The van der Waals surface area contributed by atoms with Crippen LogP contribution in [0.15, 0.2) is 81.9 Å². The lowest BCUT2D eigenvalue weighted by Gasteiger charge is -2.06. The highest BCUT2D eigenvalue weighted by Gasteiger charge is 2.16. The molecule has 4 rings (SSSR count). The van der Waals surface area contributed by atoms with Crippen molar-refractivity contribution in [3.63, 3.8) is 0 Å². The van der Waals surface area contributed by atoms with Crippen LogP contribution in [-0.2, 0) is 0 Å². The van der Waals surface area contributed by atoms with E-state index in [2.05, 4.69) is 15.5 Å². The molecule has 4 aromatic rings. The molecule has 1 amide bonds.